The predicted molar refractivity (Wildman–Crippen MR) is 78.3 cm³/mol. The van der Waals surface area contributed by atoms with Gasteiger partial charge in [0.15, 0.2) is 0 Å². The maximum absolute atomic E-state index is 12.3. The number of sulfonamides is 1. The Labute approximate surface area is 122 Å². The number of benzene rings is 1. The Kier molecular flexibility index (Phi) is 4.08. The van der Waals surface area contributed by atoms with Crippen LogP contribution in [0, 0.1) is 6.92 Å². The van der Waals surface area contributed by atoms with Crippen LogP contribution in [0.2, 0.25) is 5.02 Å². The molecule has 1 heterocycles. The van der Waals surface area contributed by atoms with Crippen LogP contribution in [0.3, 0.4) is 0 Å². The Hall–Kier alpha value is -1.50. The van der Waals surface area contributed by atoms with Crippen LogP contribution in [0.15, 0.2) is 35.4 Å². The summed E-state index contributed by atoms with van der Waals surface area (Å²) in [5, 5.41) is 9.44. The Morgan fingerprint density at radius 1 is 1.35 bits per heavy atom. The lowest BCUT2D eigenvalue weighted by atomic mass is 10.2. The lowest BCUT2D eigenvalue weighted by Crippen LogP contribution is -2.12. The number of nitrogens with one attached hydrogen (secondary N) is 1. The van der Waals surface area contributed by atoms with E-state index in [2.05, 4.69) is 4.72 Å². The van der Waals surface area contributed by atoms with Crippen LogP contribution in [-0.2, 0) is 23.7 Å². The van der Waals surface area contributed by atoms with Crippen LogP contribution in [-0.4, -0.2) is 18.1 Å². The fraction of sp³-hybridized carbons (Fsp3) is 0.231. The molecule has 1 aromatic carbocycles. The second-order valence-corrected chi connectivity index (χ2v) is 6.61. The molecule has 0 bridgehead atoms. The highest BCUT2D eigenvalue weighted by Gasteiger charge is 2.18. The minimum absolute atomic E-state index is 0.0848. The van der Waals surface area contributed by atoms with E-state index in [9.17, 15) is 8.42 Å². The standard InChI is InChI=1S/C13H15ClN2O3S/c1-9-3-4-12(14)13(5-9)15-20(18,19)11-6-10(8-17)16(2)7-11/h3-7,15,17H,8H2,1-2H3. The molecule has 108 valence electrons. The van der Waals surface area contributed by atoms with E-state index < -0.39 is 10.0 Å². The molecule has 20 heavy (non-hydrogen) atoms. The molecule has 2 aromatic rings. The molecule has 1 aromatic heterocycles. The first-order valence-corrected chi connectivity index (χ1v) is 7.74. The Morgan fingerprint density at radius 2 is 2.05 bits per heavy atom. The number of aryl methyl sites for hydroxylation is 2. The van der Waals surface area contributed by atoms with Gasteiger partial charge in [-0.2, -0.15) is 0 Å². The molecule has 0 amide bonds. The lowest BCUT2D eigenvalue weighted by molar-refractivity contribution is 0.272. The zero-order valence-corrected chi connectivity index (χ0v) is 12.7. The molecule has 2 rings (SSSR count). The minimum Gasteiger partial charge on any atom is -0.390 e. The summed E-state index contributed by atoms with van der Waals surface area (Å²) >= 11 is 5.98. The number of hydrogen-bond donors (Lipinski definition) is 2. The number of nitrogens with zero attached hydrogens (tertiary/aromatic N) is 1. The fourth-order valence-electron chi connectivity index (χ4n) is 1.80. The molecule has 0 saturated carbocycles. The van der Waals surface area contributed by atoms with Crippen LogP contribution in [0.4, 0.5) is 5.69 Å². The van der Waals surface area contributed by atoms with Gasteiger partial charge in [-0.1, -0.05) is 17.7 Å². The molecule has 0 atom stereocenters. The zero-order valence-electron chi connectivity index (χ0n) is 11.1. The number of rotatable bonds is 4. The summed E-state index contributed by atoms with van der Waals surface area (Å²) in [5.41, 5.74) is 1.75. The van der Waals surface area contributed by atoms with Crippen molar-refractivity contribution >= 4 is 27.3 Å². The third-order valence-corrected chi connectivity index (χ3v) is 4.58. The van der Waals surface area contributed by atoms with Gasteiger partial charge in [0.2, 0.25) is 0 Å². The second kappa shape index (κ2) is 5.47. The van der Waals surface area contributed by atoms with Gasteiger partial charge < -0.3 is 9.67 Å². The predicted octanol–water partition coefficient (Wildman–Crippen LogP) is 2.28. The van der Waals surface area contributed by atoms with E-state index in [0.29, 0.717) is 16.4 Å². The average molecular weight is 315 g/mol. The molecule has 0 unspecified atom stereocenters. The maximum Gasteiger partial charge on any atom is 0.263 e. The highest BCUT2D eigenvalue weighted by Crippen LogP contribution is 2.26. The minimum atomic E-state index is -3.73. The van der Waals surface area contributed by atoms with Gasteiger partial charge in [-0.25, -0.2) is 8.42 Å². The SMILES string of the molecule is Cc1ccc(Cl)c(NS(=O)(=O)c2cc(CO)n(C)c2)c1. The maximum atomic E-state index is 12.3. The molecule has 0 radical (unpaired) electrons. The summed E-state index contributed by atoms with van der Waals surface area (Å²) in [4.78, 5) is 0.0848. The van der Waals surface area contributed by atoms with E-state index >= 15 is 0 Å². The first kappa shape index (κ1) is 14.9. The number of hydrogen-bond acceptors (Lipinski definition) is 3. The number of aliphatic hydroxyl groups is 1. The summed E-state index contributed by atoms with van der Waals surface area (Å²) in [6.07, 6.45) is 1.44. The van der Waals surface area contributed by atoms with E-state index in [0.717, 1.165) is 5.56 Å². The van der Waals surface area contributed by atoms with Crippen molar-refractivity contribution in [2.24, 2.45) is 7.05 Å². The highest BCUT2D eigenvalue weighted by atomic mass is 35.5. The molecule has 5 nitrogen and oxygen atoms in total. The number of aliphatic hydroxyl groups excluding tert-OH is 1. The number of anilines is 1. The summed E-state index contributed by atoms with van der Waals surface area (Å²) < 4.78 is 28.6. The molecule has 0 saturated heterocycles. The van der Waals surface area contributed by atoms with Gasteiger partial charge in [-0.15, -0.1) is 0 Å². The van der Waals surface area contributed by atoms with Crippen molar-refractivity contribution in [3.05, 3.63) is 46.7 Å². The van der Waals surface area contributed by atoms with Gasteiger partial charge in [0.1, 0.15) is 4.90 Å². The van der Waals surface area contributed by atoms with Crippen molar-refractivity contribution in [1.82, 2.24) is 4.57 Å². The Bertz CT molecular complexity index is 738. The zero-order chi connectivity index (χ0) is 14.9. The van der Waals surface area contributed by atoms with Gasteiger partial charge in [0.05, 0.1) is 17.3 Å². The van der Waals surface area contributed by atoms with E-state index in [1.807, 2.05) is 6.92 Å². The van der Waals surface area contributed by atoms with Crippen molar-refractivity contribution in [3.63, 3.8) is 0 Å². The third kappa shape index (κ3) is 2.98. The van der Waals surface area contributed by atoms with Crippen LogP contribution in [0.5, 0.6) is 0 Å². The summed E-state index contributed by atoms with van der Waals surface area (Å²) in [6.45, 7) is 1.62. The largest absolute Gasteiger partial charge is 0.390 e. The number of halogens is 1. The number of aromatic nitrogens is 1. The van der Waals surface area contributed by atoms with Gasteiger partial charge in [-0.05, 0) is 30.7 Å². The van der Waals surface area contributed by atoms with E-state index in [-0.39, 0.29) is 11.5 Å². The monoisotopic (exact) mass is 314 g/mol. The van der Waals surface area contributed by atoms with Crippen molar-refractivity contribution in [1.29, 1.82) is 0 Å². The van der Waals surface area contributed by atoms with Crippen LogP contribution < -0.4 is 4.72 Å². The molecule has 0 aliphatic rings. The van der Waals surface area contributed by atoms with Crippen LogP contribution in [0.25, 0.3) is 0 Å². The smallest absolute Gasteiger partial charge is 0.263 e. The topological polar surface area (TPSA) is 71.3 Å². The molecule has 0 fully saturated rings. The van der Waals surface area contributed by atoms with Crippen molar-refractivity contribution in [3.8, 4) is 0 Å². The molecule has 0 aliphatic carbocycles. The molecule has 0 aliphatic heterocycles. The third-order valence-electron chi connectivity index (χ3n) is 2.92. The van der Waals surface area contributed by atoms with Crippen LogP contribution >= 0.6 is 11.6 Å². The van der Waals surface area contributed by atoms with Crippen LogP contribution in [0.1, 0.15) is 11.3 Å². The van der Waals surface area contributed by atoms with Gasteiger partial charge >= 0.3 is 0 Å². The van der Waals surface area contributed by atoms with E-state index in [1.54, 1.807) is 29.8 Å². The Balaban J connectivity index is 2.37. The van der Waals surface area contributed by atoms with E-state index in [1.165, 1.54) is 12.3 Å². The van der Waals surface area contributed by atoms with Gasteiger partial charge in [0.25, 0.3) is 10.0 Å². The second-order valence-electron chi connectivity index (χ2n) is 4.52. The van der Waals surface area contributed by atoms with Crippen molar-refractivity contribution in [2.75, 3.05) is 4.72 Å². The first-order chi connectivity index (χ1) is 9.33. The highest BCUT2D eigenvalue weighted by molar-refractivity contribution is 7.92. The van der Waals surface area contributed by atoms with Crippen molar-refractivity contribution in [2.45, 2.75) is 18.4 Å². The lowest BCUT2D eigenvalue weighted by Gasteiger charge is -2.09. The molecule has 7 heteroatoms. The van der Waals surface area contributed by atoms with Gasteiger partial charge in [0, 0.05) is 18.9 Å². The van der Waals surface area contributed by atoms with Crippen molar-refractivity contribution < 1.29 is 13.5 Å². The molecule has 2 N–H and O–H groups in total. The quantitative estimate of drug-likeness (QED) is 0.909. The summed E-state index contributed by atoms with van der Waals surface area (Å²) in [7, 11) is -2.06. The molecule has 0 spiro atoms. The average Bonchev–Trinajstić information content (AvgIpc) is 2.76. The van der Waals surface area contributed by atoms with Gasteiger partial charge in [-0.3, -0.25) is 4.72 Å². The normalized spacial score (nSPS) is 11.6. The summed E-state index contributed by atoms with van der Waals surface area (Å²) in [5.74, 6) is 0. The molecular formula is C13H15ClN2O3S. The first-order valence-electron chi connectivity index (χ1n) is 5.88. The fourth-order valence-corrected chi connectivity index (χ4v) is 3.19. The molecular weight excluding hydrogens is 300 g/mol. The van der Waals surface area contributed by atoms with E-state index in [4.69, 9.17) is 16.7 Å². The Morgan fingerprint density at radius 3 is 2.65 bits per heavy atom. The summed E-state index contributed by atoms with van der Waals surface area (Å²) in [6, 6.07) is 6.52.